The fourth-order valence-corrected chi connectivity index (χ4v) is 2.76. The van der Waals surface area contributed by atoms with Crippen LogP contribution in [0.5, 0.6) is 0 Å². The van der Waals surface area contributed by atoms with Crippen LogP contribution in [-0.4, -0.2) is 47.6 Å². The second-order valence-electron chi connectivity index (χ2n) is 6.31. The van der Waals surface area contributed by atoms with E-state index in [1.54, 1.807) is 0 Å². The minimum Gasteiger partial charge on any atom is -0.346 e. The molecule has 1 saturated heterocycles. The average molecular weight is 366 g/mol. The van der Waals surface area contributed by atoms with E-state index in [2.05, 4.69) is 37.8 Å². The van der Waals surface area contributed by atoms with Crippen molar-refractivity contribution in [3.8, 4) is 11.4 Å². The van der Waals surface area contributed by atoms with E-state index >= 15 is 0 Å². The third-order valence-corrected chi connectivity index (χ3v) is 3.97. The minimum absolute atomic E-state index is 0. The van der Waals surface area contributed by atoms with Gasteiger partial charge in [-0.3, -0.25) is 4.79 Å². The first-order valence-electron chi connectivity index (χ1n) is 8.19. The zero-order chi connectivity index (χ0) is 16.9. The molecule has 8 heteroatoms. The molecule has 1 atom stereocenters. The number of nitrogens with one attached hydrogen (secondary N) is 2. The highest BCUT2D eigenvalue weighted by Gasteiger charge is 2.22. The SMILES string of the molecule is CN(C)Cc1ccc(-c2noc(CNC(=O)C3CCCN3)n2)cc1.Cl. The van der Waals surface area contributed by atoms with Crippen molar-refractivity contribution in [3.05, 3.63) is 35.7 Å². The van der Waals surface area contributed by atoms with Crippen molar-refractivity contribution in [3.63, 3.8) is 0 Å². The molecule has 1 amide bonds. The number of halogens is 1. The molecule has 1 aliphatic heterocycles. The molecule has 1 fully saturated rings. The molecule has 7 nitrogen and oxygen atoms in total. The summed E-state index contributed by atoms with van der Waals surface area (Å²) in [4.78, 5) is 18.4. The average Bonchev–Trinajstić information content (AvgIpc) is 3.25. The second-order valence-corrected chi connectivity index (χ2v) is 6.31. The highest BCUT2D eigenvalue weighted by atomic mass is 35.5. The Bertz CT molecular complexity index is 681. The van der Waals surface area contributed by atoms with Gasteiger partial charge in [-0.05, 0) is 39.0 Å². The molecule has 0 aliphatic carbocycles. The largest absolute Gasteiger partial charge is 0.346 e. The number of amides is 1. The van der Waals surface area contributed by atoms with Gasteiger partial charge < -0.3 is 20.1 Å². The molecule has 1 aromatic carbocycles. The molecule has 0 bridgehead atoms. The summed E-state index contributed by atoms with van der Waals surface area (Å²) in [6.07, 6.45) is 1.91. The van der Waals surface area contributed by atoms with Crippen LogP contribution in [0.25, 0.3) is 11.4 Å². The Kier molecular flexibility index (Phi) is 6.92. The number of hydrogen-bond acceptors (Lipinski definition) is 6. The van der Waals surface area contributed by atoms with E-state index in [4.69, 9.17) is 4.52 Å². The monoisotopic (exact) mass is 365 g/mol. The Morgan fingerprint density at radius 1 is 1.36 bits per heavy atom. The number of benzene rings is 1. The first-order valence-corrected chi connectivity index (χ1v) is 8.19. The van der Waals surface area contributed by atoms with Gasteiger partial charge in [0.2, 0.25) is 17.6 Å². The van der Waals surface area contributed by atoms with Crippen LogP contribution in [0.4, 0.5) is 0 Å². The molecule has 0 spiro atoms. The molecule has 1 unspecified atom stereocenters. The summed E-state index contributed by atoms with van der Waals surface area (Å²) in [5.74, 6) is 0.934. The molecule has 136 valence electrons. The summed E-state index contributed by atoms with van der Waals surface area (Å²) >= 11 is 0. The maximum atomic E-state index is 12.0. The maximum Gasteiger partial charge on any atom is 0.246 e. The molecule has 25 heavy (non-hydrogen) atoms. The van der Waals surface area contributed by atoms with Crippen molar-refractivity contribution in [2.45, 2.75) is 32.0 Å². The lowest BCUT2D eigenvalue weighted by Gasteiger charge is -2.09. The van der Waals surface area contributed by atoms with Gasteiger partial charge >= 0.3 is 0 Å². The van der Waals surface area contributed by atoms with Gasteiger partial charge in [0.25, 0.3) is 0 Å². The molecule has 2 aromatic rings. The van der Waals surface area contributed by atoms with Crippen molar-refractivity contribution in [2.24, 2.45) is 0 Å². The predicted octanol–water partition coefficient (Wildman–Crippen LogP) is 1.59. The van der Waals surface area contributed by atoms with Crippen molar-refractivity contribution < 1.29 is 9.32 Å². The fraction of sp³-hybridized carbons (Fsp3) is 0.471. The van der Waals surface area contributed by atoms with Gasteiger partial charge in [-0.25, -0.2) is 0 Å². The third-order valence-electron chi connectivity index (χ3n) is 3.97. The second kappa shape index (κ2) is 8.94. The number of hydrogen-bond donors (Lipinski definition) is 2. The smallest absolute Gasteiger partial charge is 0.246 e. The quantitative estimate of drug-likeness (QED) is 0.808. The van der Waals surface area contributed by atoms with Gasteiger partial charge in [-0.2, -0.15) is 4.98 Å². The molecular formula is C17H24ClN5O2. The summed E-state index contributed by atoms with van der Waals surface area (Å²) in [7, 11) is 4.07. The first kappa shape index (κ1) is 19.4. The minimum atomic E-state index is -0.100. The van der Waals surface area contributed by atoms with E-state index in [0.717, 1.165) is 31.5 Å². The van der Waals surface area contributed by atoms with Gasteiger partial charge in [0.1, 0.15) is 0 Å². The lowest BCUT2D eigenvalue weighted by atomic mass is 10.1. The van der Waals surface area contributed by atoms with Gasteiger partial charge in [0.15, 0.2) is 0 Å². The van der Waals surface area contributed by atoms with Crippen molar-refractivity contribution in [1.82, 2.24) is 25.7 Å². The van der Waals surface area contributed by atoms with Crippen LogP contribution in [0, 0.1) is 0 Å². The van der Waals surface area contributed by atoms with Crippen molar-refractivity contribution >= 4 is 18.3 Å². The van der Waals surface area contributed by atoms with Crippen LogP contribution >= 0.6 is 12.4 Å². The molecule has 3 rings (SSSR count). The molecule has 2 N–H and O–H groups in total. The topological polar surface area (TPSA) is 83.3 Å². The number of rotatable bonds is 6. The highest BCUT2D eigenvalue weighted by molar-refractivity contribution is 5.85. The summed E-state index contributed by atoms with van der Waals surface area (Å²) in [5, 5.41) is 9.98. The lowest BCUT2D eigenvalue weighted by Crippen LogP contribution is -2.40. The highest BCUT2D eigenvalue weighted by Crippen LogP contribution is 2.17. The third kappa shape index (κ3) is 5.26. The lowest BCUT2D eigenvalue weighted by molar-refractivity contribution is -0.123. The van der Waals surface area contributed by atoms with E-state index in [9.17, 15) is 4.79 Å². The van der Waals surface area contributed by atoms with E-state index in [1.807, 2.05) is 26.2 Å². The van der Waals surface area contributed by atoms with Crippen LogP contribution in [0.15, 0.2) is 28.8 Å². The Hall–Kier alpha value is -1.96. The van der Waals surface area contributed by atoms with Crippen LogP contribution in [0.3, 0.4) is 0 Å². The molecule has 1 aliphatic rings. The van der Waals surface area contributed by atoms with Crippen molar-refractivity contribution in [2.75, 3.05) is 20.6 Å². The number of nitrogens with zero attached hydrogens (tertiary/aromatic N) is 3. The Morgan fingerprint density at radius 2 is 2.12 bits per heavy atom. The van der Waals surface area contributed by atoms with E-state index in [0.29, 0.717) is 11.7 Å². The molecule has 1 aromatic heterocycles. The maximum absolute atomic E-state index is 12.0. The standard InChI is InChI=1S/C17H23N5O2.ClH/c1-22(2)11-12-5-7-13(8-6-12)16-20-15(24-21-16)10-19-17(23)14-4-3-9-18-14;/h5-8,14,18H,3-4,9-11H2,1-2H3,(H,19,23);1H. The molecular weight excluding hydrogens is 342 g/mol. The first-order chi connectivity index (χ1) is 11.6. The normalized spacial score (nSPS) is 16.7. The fourth-order valence-electron chi connectivity index (χ4n) is 2.76. The van der Waals surface area contributed by atoms with Crippen molar-refractivity contribution in [1.29, 1.82) is 0 Å². The summed E-state index contributed by atoms with van der Waals surface area (Å²) in [6.45, 7) is 2.04. The van der Waals surface area contributed by atoms with Crippen LogP contribution in [-0.2, 0) is 17.9 Å². The van der Waals surface area contributed by atoms with Crippen LogP contribution in [0.2, 0.25) is 0 Å². The Morgan fingerprint density at radius 3 is 2.76 bits per heavy atom. The molecule has 0 radical (unpaired) electrons. The number of carbonyl (C=O) groups excluding carboxylic acids is 1. The predicted molar refractivity (Wildman–Crippen MR) is 97.2 cm³/mol. The van der Waals surface area contributed by atoms with E-state index in [-0.39, 0.29) is 30.9 Å². The van der Waals surface area contributed by atoms with E-state index in [1.165, 1.54) is 5.56 Å². The molecule has 2 heterocycles. The zero-order valence-corrected chi connectivity index (χ0v) is 15.3. The van der Waals surface area contributed by atoms with Crippen LogP contribution in [0.1, 0.15) is 24.3 Å². The Labute approximate surface area is 153 Å². The Balaban J connectivity index is 0.00000225. The zero-order valence-electron chi connectivity index (χ0n) is 14.5. The summed E-state index contributed by atoms with van der Waals surface area (Å²) in [6, 6.07) is 7.97. The summed E-state index contributed by atoms with van der Waals surface area (Å²) < 4.78 is 5.22. The van der Waals surface area contributed by atoms with Gasteiger partial charge in [-0.1, -0.05) is 29.4 Å². The van der Waals surface area contributed by atoms with Crippen LogP contribution < -0.4 is 10.6 Å². The van der Waals surface area contributed by atoms with Gasteiger partial charge in [-0.15, -0.1) is 12.4 Å². The number of aromatic nitrogens is 2. The van der Waals surface area contributed by atoms with Gasteiger partial charge in [0, 0.05) is 12.1 Å². The summed E-state index contributed by atoms with van der Waals surface area (Å²) in [5.41, 5.74) is 2.13. The van der Waals surface area contributed by atoms with Gasteiger partial charge in [0.05, 0.1) is 12.6 Å². The number of carbonyl (C=O) groups is 1. The van der Waals surface area contributed by atoms with E-state index < -0.39 is 0 Å². The molecule has 0 saturated carbocycles.